The van der Waals surface area contributed by atoms with Crippen molar-refractivity contribution in [3.8, 4) is 11.4 Å². The van der Waals surface area contributed by atoms with E-state index in [9.17, 15) is 4.79 Å². The van der Waals surface area contributed by atoms with Crippen LogP contribution in [0.1, 0.15) is 0 Å². The minimum Gasteiger partial charge on any atom is -0.338 e. The van der Waals surface area contributed by atoms with Gasteiger partial charge in [-0.2, -0.15) is 0 Å². The number of rotatable bonds is 1. The molecule has 4 rings (SSSR count). The van der Waals surface area contributed by atoms with Crippen LogP contribution in [-0.2, 0) is 0 Å². The number of fused-ring (bicyclic) bond motifs is 2. The third kappa shape index (κ3) is 1.92. The van der Waals surface area contributed by atoms with E-state index in [1.807, 2.05) is 48.5 Å². The summed E-state index contributed by atoms with van der Waals surface area (Å²) in [5, 5.41) is 0.868. The van der Waals surface area contributed by atoms with E-state index in [1.165, 1.54) is 0 Å². The van der Waals surface area contributed by atoms with Gasteiger partial charge in [-0.25, -0.2) is 9.66 Å². The summed E-state index contributed by atoms with van der Waals surface area (Å²) in [5.74, 6) is 6.47. The predicted molar refractivity (Wildman–Crippen MR) is 91.1 cm³/mol. The highest BCUT2D eigenvalue weighted by Crippen LogP contribution is 2.23. The van der Waals surface area contributed by atoms with Gasteiger partial charge in [-0.05, 0) is 36.4 Å². The quantitative estimate of drug-likeness (QED) is 0.516. The number of imidazole rings is 1. The number of H-pyrrole nitrogens is 1. The molecule has 0 amide bonds. The molecule has 0 unspecified atom stereocenters. The molecule has 0 atom stereocenters. The first kappa shape index (κ1) is 13.1. The van der Waals surface area contributed by atoms with Crippen LogP contribution in [-0.4, -0.2) is 14.6 Å². The molecule has 5 nitrogen and oxygen atoms in total. The van der Waals surface area contributed by atoms with Gasteiger partial charge in [0.25, 0.3) is 5.56 Å². The number of para-hydroxylation sites is 2. The number of hydrogen-bond acceptors (Lipinski definition) is 3. The first-order valence-corrected chi connectivity index (χ1v) is 7.48. The van der Waals surface area contributed by atoms with E-state index >= 15 is 0 Å². The summed E-state index contributed by atoms with van der Waals surface area (Å²) in [6.45, 7) is 0. The van der Waals surface area contributed by atoms with E-state index in [4.69, 9.17) is 5.84 Å². The molecule has 0 aliphatic heterocycles. The third-order valence-corrected chi connectivity index (χ3v) is 4.14. The second-order valence-corrected chi connectivity index (χ2v) is 5.95. The Morgan fingerprint density at radius 1 is 1.14 bits per heavy atom. The second-order valence-electron chi connectivity index (χ2n) is 5.04. The van der Waals surface area contributed by atoms with Crippen LogP contribution in [0.15, 0.2) is 57.8 Å². The normalized spacial score (nSPS) is 11.3. The maximum absolute atomic E-state index is 12.5. The number of nitrogens with zero attached hydrogens (tertiary/aromatic N) is 2. The molecule has 0 saturated heterocycles. The first-order valence-electron chi connectivity index (χ1n) is 6.69. The summed E-state index contributed by atoms with van der Waals surface area (Å²) in [6, 6.07) is 15.0. The van der Waals surface area contributed by atoms with Gasteiger partial charge in [-0.1, -0.05) is 28.1 Å². The fraction of sp³-hybridized carbons (Fsp3) is 0. The van der Waals surface area contributed by atoms with Gasteiger partial charge in [0.05, 0.1) is 22.1 Å². The van der Waals surface area contributed by atoms with Crippen LogP contribution in [0.2, 0.25) is 0 Å². The SMILES string of the molecule is Nn1c(=O)c(-c2nc3ccccc3[nH]2)cc2cc(Br)ccc21. The van der Waals surface area contributed by atoms with Gasteiger partial charge in [-0.15, -0.1) is 0 Å². The lowest BCUT2D eigenvalue weighted by Crippen LogP contribution is -2.28. The van der Waals surface area contributed by atoms with E-state index in [-0.39, 0.29) is 5.56 Å². The second kappa shape index (κ2) is 4.71. The molecule has 0 aliphatic rings. The molecule has 2 aromatic heterocycles. The Morgan fingerprint density at radius 3 is 2.77 bits per heavy atom. The van der Waals surface area contributed by atoms with Gasteiger partial charge in [0.1, 0.15) is 5.82 Å². The Bertz CT molecular complexity index is 1050. The Labute approximate surface area is 133 Å². The highest BCUT2D eigenvalue weighted by atomic mass is 79.9. The molecular weight excluding hydrogens is 344 g/mol. The van der Waals surface area contributed by atoms with E-state index in [1.54, 1.807) is 0 Å². The lowest BCUT2D eigenvalue weighted by atomic mass is 10.1. The van der Waals surface area contributed by atoms with Crippen molar-refractivity contribution in [1.82, 2.24) is 14.6 Å². The highest BCUT2D eigenvalue weighted by molar-refractivity contribution is 9.10. The van der Waals surface area contributed by atoms with Crippen LogP contribution in [0.5, 0.6) is 0 Å². The van der Waals surface area contributed by atoms with E-state index in [0.717, 1.165) is 25.6 Å². The summed E-state index contributed by atoms with van der Waals surface area (Å²) in [7, 11) is 0. The predicted octanol–water partition coefficient (Wildman–Crippen LogP) is 3.02. The average molecular weight is 355 g/mol. The molecule has 4 aromatic rings. The number of aromatic amines is 1. The highest BCUT2D eigenvalue weighted by Gasteiger charge is 2.13. The Kier molecular flexibility index (Phi) is 2.80. The van der Waals surface area contributed by atoms with Crippen molar-refractivity contribution in [2.45, 2.75) is 0 Å². The monoisotopic (exact) mass is 354 g/mol. The number of aromatic nitrogens is 3. The maximum atomic E-state index is 12.5. The first-order chi connectivity index (χ1) is 10.6. The smallest absolute Gasteiger partial charge is 0.280 e. The van der Waals surface area contributed by atoms with Crippen molar-refractivity contribution in [3.63, 3.8) is 0 Å². The van der Waals surface area contributed by atoms with Gasteiger partial charge in [0.15, 0.2) is 0 Å². The lowest BCUT2D eigenvalue weighted by Gasteiger charge is -2.07. The molecule has 0 fully saturated rings. The van der Waals surface area contributed by atoms with E-state index < -0.39 is 0 Å². The maximum Gasteiger partial charge on any atom is 0.280 e. The molecule has 22 heavy (non-hydrogen) atoms. The zero-order valence-electron chi connectivity index (χ0n) is 11.4. The standard InChI is InChI=1S/C16H11BrN4O/c17-10-5-6-14-9(7-10)8-11(16(22)21(14)18)15-19-12-3-1-2-4-13(12)20-15/h1-8H,18H2,(H,19,20). The van der Waals surface area contributed by atoms with E-state index in [0.29, 0.717) is 16.9 Å². The summed E-state index contributed by atoms with van der Waals surface area (Å²) < 4.78 is 2.08. The number of nitrogens with two attached hydrogens (primary N) is 1. The van der Waals surface area contributed by atoms with Gasteiger partial charge in [0.2, 0.25) is 0 Å². The molecule has 0 spiro atoms. The van der Waals surface area contributed by atoms with Crippen molar-refractivity contribution < 1.29 is 0 Å². The molecule has 0 aliphatic carbocycles. The van der Waals surface area contributed by atoms with Crippen molar-refractivity contribution in [3.05, 3.63) is 63.4 Å². The molecule has 0 bridgehead atoms. The number of benzene rings is 2. The van der Waals surface area contributed by atoms with Crippen molar-refractivity contribution in [1.29, 1.82) is 0 Å². The van der Waals surface area contributed by atoms with Crippen LogP contribution in [0.3, 0.4) is 0 Å². The number of nitrogens with one attached hydrogen (secondary N) is 1. The van der Waals surface area contributed by atoms with Gasteiger partial charge in [0, 0.05) is 9.86 Å². The topological polar surface area (TPSA) is 76.7 Å². The zero-order valence-corrected chi connectivity index (χ0v) is 13.0. The molecule has 2 aromatic carbocycles. The molecular formula is C16H11BrN4O. The van der Waals surface area contributed by atoms with Crippen LogP contribution in [0.4, 0.5) is 0 Å². The number of pyridine rings is 1. The van der Waals surface area contributed by atoms with Crippen molar-refractivity contribution in [2.24, 2.45) is 0 Å². The van der Waals surface area contributed by atoms with Gasteiger partial charge in [-0.3, -0.25) is 4.79 Å². The van der Waals surface area contributed by atoms with Crippen LogP contribution in [0.25, 0.3) is 33.3 Å². The fourth-order valence-corrected chi connectivity index (χ4v) is 2.95. The minimum absolute atomic E-state index is 0.283. The number of hydrogen-bond donors (Lipinski definition) is 2. The Hall–Kier alpha value is -2.60. The summed E-state index contributed by atoms with van der Waals surface area (Å²) >= 11 is 3.43. The number of halogens is 1. The van der Waals surface area contributed by atoms with Crippen LogP contribution >= 0.6 is 15.9 Å². The Morgan fingerprint density at radius 2 is 1.95 bits per heavy atom. The number of nitrogen functional groups attached to an aromatic ring is 1. The summed E-state index contributed by atoms with van der Waals surface area (Å²) in [6.07, 6.45) is 0. The average Bonchev–Trinajstić information content (AvgIpc) is 2.94. The summed E-state index contributed by atoms with van der Waals surface area (Å²) in [4.78, 5) is 20.2. The van der Waals surface area contributed by atoms with Gasteiger partial charge >= 0.3 is 0 Å². The minimum atomic E-state index is -0.283. The lowest BCUT2D eigenvalue weighted by molar-refractivity contribution is 0.987. The molecule has 0 saturated carbocycles. The van der Waals surface area contributed by atoms with Gasteiger partial charge < -0.3 is 10.8 Å². The molecule has 6 heteroatoms. The summed E-state index contributed by atoms with van der Waals surface area (Å²) in [5.41, 5.74) is 2.54. The third-order valence-electron chi connectivity index (χ3n) is 3.64. The molecule has 2 heterocycles. The largest absolute Gasteiger partial charge is 0.338 e. The van der Waals surface area contributed by atoms with Crippen molar-refractivity contribution in [2.75, 3.05) is 5.84 Å². The van der Waals surface area contributed by atoms with E-state index in [2.05, 4.69) is 25.9 Å². The molecule has 0 radical (unpaired) electrons. The Balaban J connectivity index is 2.05. The van der Waals surface area contributed by atoms with Crippen LogP contribution < -0.4 is 11.4 Å². The van der Waals surface area contributed by atoms with Crippen molar-refractivity contribution >= 4 is 37.9 Å². The fourth-order valence-electron chi connectivity index (χ4n) is 2.57. The molecule has 3 N–H and O–H groups in total. The zero-order chi connectivity index (χ0) is 15.3. The van der Waals surface area contributed by atoms with Crippen LogP contribution in [0, 0.1) is 0 Å². The molecule has 108 valence electrons.